The predicted octanol–water partition coefficient (Wildman–Crippen LogP) is 3.56. The fraction of sp³-hybridized carbons (Fsp3) is 0.400. The molecular weight excluding hydrogens is 402 g/mol. The zero-order valence-corrected chi connectivity index (χ0v) is 17.2. The molecular formula is C20H25ClF2N4O2. The van der Waals surface area contributed by atoms with Crippen molar-refractivity contribution in [1.29, 1.82) is 0 Å². The molecule has 0 radical (unpaired) electrons. The number of aryl methyl sites for hydroxylation is 1. The minimum Gasteiger partial charge on any atom is -0.434 e. The average molecular weight is 427 g/mol. The van der Waals surface area contributed by atoms with Gasteiger partial charge < -0.3 is 19.9 Å². The van der Waals surface area contributed by atoms with Gasteiger partial charge in [-0.3, -0.25) is 9.79 Å². The van der Waals surface area contributed by atoms with Crippen molar-refractivity contribution in [3.05, 3.63) is 63.0 Å². The first-order valence-electron chi connectivity index (χ1n) is 9.25. The van der Waals surface area contributed by atoms with Crippen molar-refractivity contribution >= 4 is 17.6 Å². The highest BCUT2D eigenvalue weighted by Gasteiger charge is 2.11. The number of benzene rings is 1. The summed E-state index contributed by atoms with van der Waals surface area (Å²) in [6.45, 7) is 0.522. The molecule has 9 heteroatoms. The predicted molar refractivity (Wildman–Crippen MR) is 111 cm³/mol. The Morgan fingerprint density at radius 2 is 2.03 bits per heavy atom. The summed E-state index contributed by atoms with van der Waals surface area (Å²) < 4.78 is 31.4. The first-order chi connectivity index (χ1) is 13.9. The van der Waals surface area contributed by atoms with E-state index in [0.29, 0.717) is 29.6 Å². The normalized spacial score (nSPS) is 11.6. The van der Waals surface area contributed by atoms with Gasteiger partial charge in [0, 0.05) is 49.0 Å². The Labute approximate surface area is 173 Å². The number of halogens is 3. The van der Waals surface area contributed by atoms with Crippen LogP contribution in [0.15, 0.2) is 46.2 Å². The molecule has 2 rings (SSSR count). The Morgan fingerprint density at radius 1 is 1.24 bits per heavy atom. The standard InChI is InChI=1S/C20H25ClF2N4O2/c1-14-6-5-7-18(28)27(14)11-4-3-10-25-20(24-2)26-13-15-12-16(21)8-9-17(15)29-19(22)23/h5-9,12,19H,3-4,10-11,13H2,1-2H3,(H2,24,25,26). The largest absolute Gasteiger partial charge is 0.434 e. The van der Waals surface area contributed by atoms with Crippen LogP contribution in [0.4, 0.5) is 8.78 Å². The highest BCUT2D eigenvalue weighted by Crippen LogP contribution is 2.24. The van der Waals surface area contributed by atoms with Gasteiger partial charge in [-0.2, -0.15) is 8.78 Å². The minimum absolute atomic E-state index is 0.00113. The molecule has 0 aliphatic heterocycles. The number of rotatable bonds is 9. The molecule has 2 aromatic rings. The van der Waals surface area contributed by atoms with Crippen LogP contribution in [0, 0.1) is 6.92 Å². The quantitative estimate of drug-likeness (QED) is 0.365. The molecule has 2 N–H and O–H groups in total. The number of pyridine rings is 1. The number of hydrogen-bond donors (Lipinski definition) is 2. The summed E-state index contributed by atoms with van der Waals surface area (Å²) in [5.41, 5.74) is 1.43. The maximum absolute atomic E-state index is 12.5. The number of hydrogen-bond acceptors (Lipinski definition) is 3. The number of aliphatic imine (C=N–C) groups is 1. The SMILES string of the molecule is CN=C(NCCCCn1c(C)cccc1=O)NCc1cc(Cl)ccc1OC(F)F. The fourth-order valence-corrected chi connectivity index (χ4v) is 3.00. The Bertz CT molecular complexity index is 887. The summed E-state index contributed by atoms with van der Waals surface area (Å²) in [6.07, 6.45) is 1.66. The summed E-state index contributed by atoms with van der Waals surface area (Å²) in [5.74, 6) is 0.594. The molecule has 0 saturated carbocycles. The van der Waals surface area contributed by atoms with Crippen LogP contribution in [-0.2, 0) is 13.1 Å². The van der Waals surface area contributed by atoms with E-state index in [4.69, 9.17) is 11.6 Å². The molecule has 0 aliphatic rings. The van der Waals surface area contributed by atoms with E-state index in [1.807, 2.05) is 13.0 Å². The number of nitrogens with one attached hydrogen (secondary N) is 2. The van der Waals surface area contributed by atoms with Gasteiger partial charge in [-0.25, -0.2) is 0 Å². The van der Waals surface area contributed by atoms with Gasteiger partial charge in [0.15, 0.2) is 5.96 Å². The Hall–Kier alpha value is -2.61. The van der Waals surface area contributed by atoms with Crippen molar-refractivity contribution in [2.24, 2.45) is 4.99 Å². The van der Waals surface area contributed by atoms with Gasteiger partial charge in [-0.1, -0.05) is 17.7 Å². The molecule has 0 spiro atoms. The van der Waals surface area contributed by atoms with Gasteiger partial charge in [-0.15, -0.1) is 0 Å². The first kappa shape index (κ1) is 22.7. The van der Waals surface area contributed by atoms with Gasteiger partial charge in [0.1, 0.15) is 5.75 Å². The fourth-order valence-electron chi connectivity index (χ4n) is 2.81. The summed E-state index contributed by atoms with van der Waals surface area (Å²) in [5, 5.41) is 6.64. The third-order valence-corrected chi connectivity index (χ3v) is 4.51. The van der Waals surface area contributed by atoms with Crippen molar-refractivity contribution in [3.63, 3.8) is 0 Å². The number of alkyl halides is 2. The van der Waals surface area contributed by atoms with Crippen LogP contribution in [0.2, 0.25) is 5.02 Å². The van der Waals surface area contributed by atoms with Crippen molar-refractivity contribution < 1.29 is 13.5 Å². The smallest absolute Gasteiger partial charge is 0.387 e. The van der Waals surface area contributed by atoms with E-state index in [1.54, 1.807) is 29.8 Å². The van der Waals surface area contributed by atoms with E-state index in [0.717, 1.165) is 18.5 Å². The lowest BCUT2D eigenvalue weighted by Gasteiger charge is -2.15. The molecule has 1 aromatic carbocycles. The van der Waals surface area contributed by atoms with Gasteiger partial charge in [0.05, 0.1) is 0 Å². The number of aromatic nitrogens is 1. The van der Waals surface area contributed by atoms with E-state index in [9.17, 15) is 13.6 Å². The van der Waals surface area contributed by atoms with Gasteiger partial charge >= 0.3 is 6.61 Å². The number of unbranched alkanes of at least 4 members (excludes halogenated alkanes) is 1. The topological polar surface area (TPSA) is 67.7 Å². The lowest BCUT2D eigenvalue weighted by Crippen LogP contribution is -2.37. The summed E-state index contributed by atoms with van der Waals surface area (Å²) in [7, 11) is 1.62. The summed E-state index contributed by atoms with van der Waals surface area (Å²) in [4.78, 5) is 16.0. The van der Waals surface area contributed by atoms with Crippen molar-refractivity contribution in [2.45, 2.75) is 39.5 Å². The molecule has 0 unspecified atom stereocenters. The molecule has 0 saturated heterocycles. The molecule has 29 heavy (non-hydrogen) atoms. The van der Waals surface area contributed by atoms with Crippen LogP contribution < -0.4 is 20.9 Å². The second-order valence-electron chi connectivity index (χ2n) is 6.35. The maximum Gasteiger partial charge on any atom is 0.387 e. The van der Waals surface area contributed by atoms with Crippen molar-refractivity contribution in [1.82, 2.24) is 15.2 Å². The van der Waals surface area contributed by atoms with Crippen LogP contribution >= 0.6 is 11.6 Å². The monoisotopic (exact) mass is 426 g/mol. The van der Waals surface area contributed by atoms with Gasteiger partial charge in [-0.05, 0) is 44.0 Å². The average Bonchev–Trinajstić information content (AvgIpc) is 2.67. The Balaban J connectivity index is 1.80. The zero-order chi connectivity index (χ0) is 21.2. The number of ether oxygens (including phenoxy) is 1. The molecule has 6 nitrogen and oxygen atoms in total. The zero-order valence-electron chi connectivity index (χ0n) is 16.4. The van der Waals surface area contributed by atoms with Crippen LogP contribution in [-0.4, -0.2) is 30.7 Å². The minimum atomic E-state index is -2.91. The third-order valence-electron chi connectivity index (χ3n) is 4.28. The second-order valence-corrected chi connectivity index (χ2v) is 6.78. The van der Waals surface area contributed by atoms with E-state index in [2.05, 4.69) is 20.4 Å². The van der Waals surface area contributed by atoms with Crippen molar-refractivity contribution in [3.8, 4) is 5.75 Å². The summed E-state index contributed by atoms with van der Waals surface area (Å²) in [6, 6.07) is 9.69. The Morgan fingerprint density at radius 3 is 2.72 bits per heavy atom. The highest BCUT2D eigenvalue weighted by molar-refractivity contribution is 6.30. The van der Waals surface area contributed by atoms with Crippen LogP contribution in [0.3, 0.4) is 0 Å². The first-order valence-corrected chi connectivity index (χ1v) is 9.62. The lowest BCUT2D eigenvalue weighted by molar-refractivity contribution is -0.0504. The van der Waals surface area contributed by atoms with E-state index in [1.165, 1.54) is 12.1 Å². The molecule has 0 fully saturated rings. The molecule has 1 aromatic heterocycles. The summed E-state index contributed by atoms with van der Waals surface area (Å²) >= 11 is 5.95. The second kappa shape index (κ2) is 11.4. The van der Waals surface area contributed by atoms with Gasteiger partial charge in [0.25, 0.3) is 5.56 Å². The lowest BCUT2D eigenvalue weighted by atomic mass is 10.2. The highest BCUT2D eigenvalue weighted by atomic mass is 35.5. The van der Waals surface area contributed by atoms with E-state index in [-0.39, 0.29) is 17.9 Å². The number of nitrogens with zero attached hydrogens (tertiary/aromatic N) is 2. The molecule has 0 amide bonds. The van der Waals surface area contributed by atoms with Crippen LogP contribution in [0.5, 0.6) is 5.75 Å². The molecule has 0 bridgehead atoms. The van der Waals surface area contributed by atoms with Crippen molar-refractivity contribution in [2.75, 3.05) is 13.6 Å². The Kier molecular flexibility index (Phi) is 8.92. The molecule has 0 aliphatic carbocycles. The van der Waals surface area contributed by atoms with E-state index < -0.39 is 6.61 Å². The van der Waals surface area contributed by atoms with E-state index >= 15 is 0 Å². The molecule has 158 valence electrons. The van der Waals surface area contributed by atoms with Gasteiger partial charge in [0.2, 0.25) is 0 Å². The molecule has 0 atom stereocenters. The van der Waals surface area contributed by atoms with Crippen LogP contribution in [0.25, 0.3) is 0 Å². The number of guanidine groups is 1. The third kappa shape index (κ3) is 7.38. The molecule has 1 heterocycles. The van der Waals surface area contributed by atoms with Crippen LogP contribution in [0.1, 0.15) is 24.1 Å². The maximum atomic E-state index is 12.5.